The van der Waals surface area contributed by atoms with E-state index in [-0.39, 0.29) is 51.2 Å². The van der Waals surface area contributed by atoms with Crippen molar-refractivity contribution in [2.24, 2.45) is 0 Å². The number of fused-ring (bicyclic) bond motifs is 1. The van der Waals surface area contributed by atoms with E-state index < -0.39 is 23.9 Å². The summed E-state index contributed by atoms with van der Waals surface area (Å²) >= 11 is 6.30. The number of carbonyl (C=O) groups excluding carboxylic acids is 1. The Morgan fingerprint density at radius 3 is 2.54 bits per heavy atom. The molecule has 0 aliphatic carbocycles. The number of rotatable bonds is 4. The molecule has 3 aromatic rings. The minimum absolute atomic E-state index is 0.0169. The van der Waals surface area contributed by atoms with Crippen molar-refractivity contribution in [3.8, 4) is 5.75 Å². The van der Waals surface area contributed by atoms with Gasteiger partial charge in [0.05, 0.1) is 33.7 Å². The maximum absolute atomic E-state index is 13.7. The first-order chi connectivity index (χ1) is 16.4. The molecule has 1 aliphatic heterocycles. The van der Waals surface area contributed by atoms with Crippen LogP contribution in [0, 0.1) is 6.92 Å². The minimum Gasteiger partial charge on any atom is -0.487 e. The highest BCUT2D eigenvalue weighted by Crippen LogP contribution is 2.35. The zero-order chi connectivity index (χ0) is 25.5. The molecule has 0 bridgehead atoms. The molecule has 2 atom stereocenters. The lowest BCUT2D eigenvalue weighted by Crippen LogP contribution is -2.48. The van der Waals surface area contributed by atoms with Crippen molar-refractivity contribution in [3.05, 3.63) is 68.2 Å². The van der Waals surface area contributed by atoms with E-state index in [9.17, 15) is 22.8 Å². The molecule has 2 unspecified atom stereocenters. The molecule has 1 saturated heterocycles. The van der Waals surface area contributed by atoms with Crippen molar-refractivity contribution in [2.45, 2.75) is 45.8 Å². The molecule has 1 fully saturated rings. The number of H-pyrrole nitrogens is 1. The molecule has 0 saturated carbocycles. The van der Waals surface area contributed by atoms with Crippen LogP contribution >= 0.6 is 11.6 Å². The summed E-state index contributed by atoms with van der Waals surface area (Å²) in [4.78, 5) is 33.3. The van der Waals surface area contributed by atoms with Gasteiger partial charge >= 0.3 is 6.18 Å². The fourth-order valence-corrected chi connectivity index (χ4v) is 4.40. The predicted octanol–water partition coefficient (Wildman–Crippen LogP) is 4.73. The van der Waals surface area contributed by atoms with Gasteiger partial charge in [-0.15, -0.1) is 0 Å². The van der Waals surface area contributed by atoms with Crippen molar-refractivity contribution in [3.63, 3.8) is 0 Å². The number of nitrogens with zero attached hydrogens (tertiary/aromatic N) is 2. The number of aryl methyl sites for hydroxylation is 1. The third kappa shape index (κ3) is 5.43. The molecule has 11 heteroatoms. The Morgan fingerprint density at radius 2 is 1.91 bits per heavy atom. The lowest BCUT2D eigenvalue weighted by molar-refractivity contribution is -0.138. The number of benzene rings is 2. The number of hydrogen-bond acceptors (Lipinski definition) is 5. The number of aromatic nitrogens is 2. The summed E-state index contributed by atoms with van der Waals surface area (Å²) in [6.07, 6.45) is -4.88. The van der Waals surface area contributed by atoms with Crippen LogP contribution in [0.15, 0.2) is 35.1 Å². The van der Waals surface area contributed by atoms with Crippen molar-refractivity contribution < 1.29 is 27.4 Å². The van der Waals surface area contributed by atoms with Crippen LogP contribution in [0.1, 0.15) is 41.2 Å². The van der Waals surface area contributed by atoms with Crippen LogP contribution in [0.2, 0.25) is 5.02 Å². The van der Waals surface area contributed by atoms with E-state index in [4.69, 9.17) is 21.1 Å². The van der Waals surface area contributed by atoms with Crippen LogP contribution < -0.4 is 10.3 Å². The van der Waals surface area contributed by atoms with Gasteiger partial charge in [0.2, 0.25) is 0 Å². The first-order valence-electron chi connectivity index (χ1n) is 10.9. The maximum atomic E-state index is 13.7. The summed E-state index contributed by atoms with van der Waals surface area (Å²) in [5.74, 6) is 0.0921. The second kappa shape index (κ2) is 9.50. The smallest absolute Gasteiger partial charge is 0.416 e. The van der Waals surface area contributed by atoms with Crippen molar-refractivity contribution in [2.75, 3.05) is 13.1 Å². The Kier molecular flexibility index (Phi) is 6.79. The second-order valence-electron chi connectivity index (χ2n) is 8.58. The number of aromatic amines is 1. The summed E-state index contributed by atoms with van der Waals surface area (Å²) < 4.78 is 52.4. The first-order valence-corrected chi connectivity index (χ1v) is 11.3. The van der Waals surface area contributed by atoms with Gasteiger partial charge in [-0.05, 0) is 51.1 Å². The third-order valence-electron chi connectivity index (χ3n) is 5.62. The summed E-state index contributed by atoms with van der Waals surface area (Å²) in [5.41, 5.74) is -1.47. The first kappa shape index (κ1) is 25.0. The molecular formula is C24H23ClF3N3O4. The van der Waals surface area contributed by atoms with Gasteiger partial charge in [0.15, 0.2) is 0 Å². The van der Waals surface area contributed by atoms with Gasteiger partial charge in [0, 0.05) is 24.2 Å². The average Bonchev–Trinajstić information content (AvgIpc) is 2.76. The van der Waals surface area contributed by atoms with Gasteiger partial charge in [0.25, 0.3) is 11.5 Å². The molecule has 186 valence electrons. The van der Waals surface area contributed by atoms with E-state index in [0.717, 1.165) is 12.1 Å². The zero-order valence-corrected chi connectivity index (χ0v) is 20.0. The molecule has 0 spiro atoms. The Morgan fingerprint density at radius 1 is 1.23 bits per heavy atom. The quantitative estimate of drug-likeness (QED) is 0.549. The molecule has 0 radical (unpaired) electrons. The van der Waals surface area contributed by atoms with E-state index in [1.165, 1.54) is 25.1 Å². The second-order valence-corrected chi connectivity index (χ2v) is 8.98. The Labute approximate surface area is 203 Å². The molecule has 4 rings (SSSR count). The topological polar surface area (TPSA) is 84.5 Å². The van der Waals surface area contributed by atoms with Crippen LogP contribution in [0.5, 0.6) is 5.75 Å². The lowest BCUT2D eigenvalue weighted by Gasteiger charge is -2.35. The van der Waals surface area contributed by atoms with E-state index in [1.807, 2.05) is 13.8 Å². The van der Waals surface area contributed by atoms with E-state index in [1.54, 1.807) is 4.90 Å². The van der Waals surface area contributed by atoms with Gasteiger partial charge < -0.3 is 19.4 Å². The third-order valence-corrected chi connectivity index (χ3v) is 5.92. The average molecular weight is 510 g/mol. The molecular weight excluding hydrogens is 487 g/mol. The normalized spacial score (nSPS) is 18.7. The standard InChI is InChI=1S/C24H23ClF3N3O4/c1-12-9-31(10-13(2)35-12)23(33)15-4-5-21(19(25)7-15)34-11-16-6-17-20(8-18(16)24(26,27)28)29-14(3)30-22(17)32/h4-8,12-13H,9-11H2,1-3H3,(H,29,30,32). The molecule has 35 heavy (non-hydrogen) atoms. The molecule has 2 heterocycles. The van der Waals surface area contributed by atoms with E-state index >= 15 is 0 Å². The molecule has 2 aromatic carbocycles. The van der Waals surface area contributed by atoms with Gasteiger partial charge in [-0.3, -0.25) is 9.59 Å². The number of alkyl halides is 3. The molecule has 1 N–H and O–H groups in total. The minimum atomic E-state index is -4.68. The fraction of sp³-hybridized carbons (Fsp3) is 0.375. The van der Waals surface area contributed by atoms with Crippen LogP contribution in [-0.4, -0.2) is 46.1 Å². The van der Waals surface area contributed by atoms with Crippen LogP contribution in [0.25, 0.3) is 10.9 Å². The number of ether oxygens (including phenoxy) is 2. The summed E-state index contributed by atoms with van der Waals surface area (Å²) in [6.45, 7) is 5.63. The Balaban J connectivity index is 1.58. The van der Waals surface area contributed by atoms with Gasteiger partial charge in [-0.1, -0.05) is 11.6 Å². The van der Waals surface area contributed by atoms with E-state index in [2.05, 4.69) is 9.97 Å². The molecule has 7 nitrogen and oxygen atoms in total. The summed E-state index contributed by atoms with van der Waals surface area (Å²) in [5, 5.41) is 0.0953. The summed E-state index contributed by atoms with van der Waals surface area (Å²) in [6, 6.07) is 6.33. The number of halogens is 4. The van der Waals surface area contributed by atoms with Crippen molar-refractivity contribution >= 4 is 28.4 Å². The van der Waals surface area contributed by atoms with Crippen molar-refractivity contribution in [1.29, 1.82) is 0 Å². The van der Waals surface area contributed by atoms with Crippen molar-refractivity contribution in [1.82, 2.24) is 14.9 Å². The Bertz CT molecular complexity index is 1330. The van der Waals surface area contributed by atoms with Gasteiger partial charge in [-0.25, -0.2) is 4.98 Å². The summed E-state index contributed by atoms with van der Waals surface area (Å²) in [7, 11) is 0. The molecule has 1 aliphatic rings. The fourth-order valence-electron chi connectivity index (χ4n) is 4.16. The van der Waals surface area contributed by atoms with Crippen LogP contribution in [-0.2, 0) is 17.5 Å². The number of amides is 1. The predicted molar refractivity (Wildman–Crippen MR) is 124 cm³/mol. The SMILES string of the molecule is Cc1nc2cc(C(F)(F)F)c(COc3ccc(C(=O)N4CC(C)OC(C)C4)cc3Cl)cc2c(=O)[nH]1. The maximum Gasteiger partial charge on any atom is 0.416 e. The highest BCUT2D eigenvalue weighted by atomic mass is 35.5. The lowest BCUT2D eigenvalue weighted by atomic mass is 10.0. The van der Waals surface area contributed by atoms with Crippen LogP contribution in [0.3, 0.4) is 0 Å². The molecule has 1 amide bonds. The highest BCUT2D eigenvalue weighted by molar-refractivity contribution is 6.32. The highest BCUT2D eigenvalue weighted by Gasteiger charge is 2.34. The Hall–Kier alpha value is -3.11. The number of carbonyl (C=O) groups is 1. The number of nitrogens with one attached hydrogen (secondary N) is 1. The van der Waals surface area contributed by atoms with E-state index in [0.29, 0.717) is 18.7 Å². The number of hydrogen-bond donors (Lipinski definition) is 1. The zero-order valence-electron chi connectivity index (χ0n) is 19.2. The number of morpholine rings is 1. The molecule has 1 aromatic heterocycles. The largest absolute Gasteiger partial charge is 0.487 e. The van der Waals surface area contributed by atoms with Crippen LogP contribution in [0.4, 0.5) is 13.2 Å². The van der Waals surface area contributed by atoms with Gasteiger partial charge in [-0.2, -0.15) is 13.2 Å². The van der Waals surface area contributed by atoms with Gasteiger partial charge in [0.1, 0.15) is 18.2 Å². The monoisotopic (exact) mass is 509 g/mol.